The molecule has 0 saturated carbocycles. The fourth-order valence-electron chi connectivity index (χ4n) is 3.04. The molecule has 1 aliphatic heterocycles. The van der Waals surface area contributed by atoms with E-state index in [1.807, 2.05) is 61.0 Å². The highest BCUT2D eigenvalue weighted by molar-refractivity contribution is 6.13. The van der Waals surface area contributed by atoms with Crippen LogP contribution in [-0.2, 0) is 16.1 Å². The number of anilines is 2. The topological polar surface area (TPSA) is 53.3 Å². The minimum atomic E-state index is -0.941. The van der Waals surface area contributed by atoms with Crippen molar-refractivity contribution in [2.45, 2.75) is 39.8 Å². The van der Waals surface area contributed by atoms with Crippen LogP contribution in [0.3, 0.4) is 0 Å². The molecule has 1 aromatic heterocycles. The lowest BCUT2D eigenvalue weighted by atomic mass is 9.96. The molecule has 1 aliphatic rings. The molecule has 0 spiro atoms. The van der Waals surface area contributed by atoms with Gasteiger partial charge in [-0.15, -0.1) is 0 Å². The molecular formula is C19H22N3O2+. The van der Waals surface area contributed by atoms with Crippen LogP contribution in [0, 0.1) is 13.8 Å². The molecule has 3 rings (SSSR count). The minimum Gasteiger partial charge on any atom is -0.322 e. The summed E-state index contributed by atoms with van der Waals surface area (Å²) in [5.74, 6) is -0.290. The van der Waals surface area contributed by atoms with Gasteiger partial charge in [-0.25, -0.2) is 0 Å². The van der Waals surface area contributed by atoms with Crippen LogP contribution in [0.5, 0.6) is 0 Å². The van der Waals surface area contributed by atoms with Gasteiger partial charge in [0.1, 0.15) is 5.54 Å². The number of amides is 2. The Balaban J connectivity index is 2.01. The monoisotopic (exact) mass is 324 g/mol. The van der Waals surface area contributed by atoms with Crippen molar-refractivity contribution in [1.82, 2.24) is 0 Å². The molecule has 0 aliphatic carbocycles. The van der Waals surface area contributed by atoms with Gasteiger partial charge in [0.2, 0.25) is 12.5 Å². The Bertz CT molecular complexity index is 827. The summed E-state index contributed by atoms with van der Waals surface area (Å²) >= 11 is 0. The van der Waals surface area contributed by atoms with Gasteiger partial charge in [0.15, 0.2) is 11.9 Å². The van der Waals surface area contributed by atoms with Crippen LogP contribution in [0.2, 0.25) is 0 Å². The van der Waals surface area contributed by atoms with Crippen LogP contribution < -0.4 is 14.8 Å². The molecule has 0 radical (unpaired) electrons. The fourth-order valence-corrected chi connectivity index (χ4v) is 3.04. The summed E-state index contributed by atoms with van der Waals surface area (Å²) in [5, 5.41) is 2.88. The second kappa shape index (κ2) is 5.74. The van der Waals surface area contributed by atoms with Crippen LogP contribution in [0.4, 0.5) is 11.4 Å². The maximum atomic E-state index is 13.1. The number of benzene rings is 1. The molecule has 5 heteroatoms. The standard InChI is InChI=1S/C19H21N3O2/c1-13-8-7-11-21(14(13)2)12-17(23)22-16-10-6-5-9-15(16)20-18(24)19(22,3)4/h5-11H,12H2,1-4H3/p+1. The molecule has 5 nitrogen and oxygen atoms in total. The van der Waals surface area contributed by atoms with Crippen LogP contribution in [0.25, 0.3) is 0 Å². The van der Waals surface area contributed by atoms with E-state index in [1.165, 1.54) is 0 Å². The van der Waals surface area contributed by atoms with E-state index < -0.39 is 5.54 Å². The van der Waals surface area contributed by atoms with Crippen molar-refractivity contribution in [1.29, 1.82) is 0 Å². The van der Waals surface area contributed by atoms with Crippen LogP contribution >= 0.6 is 0 Å². The number of hydrogen-bond donors (Lipinski definition) is 1. The first kappa shape index (κ1) is 16.2. The number of aromatic nitrogens is 1. The number of nitrogens with one attached hydrogen (secondary N) is 1. The number of fused-ring (bicyclic) bond motifs is 1. The Hall–Kier alpha value is -2.69. The van der Waals surface area contributed by atoms with E-state index in [4.69, 9.17) is 0 Å². The second-order valence-corrected chi connectivity index (χ2v) is 6.66. The van der Waals surface area contributed by atoms with Gasteiger partial charge >= 0.3 is 0 Å². The first-order chi connectivity index (χ1) is 11.3. The van der Waals surface area contributed by atoms with Crippen molar-refractivity contribution >= 4 is 23.2 Å². The molecule has 0 fully saturated rings. The first-order valence-corrected chi connectivity index (χ1v) is 8.01. The molecular weight excluding hydrogens is 302 g/mol. The number of carbonyl (C=O) groups is 2. The first-order valence-electron chi connectivity index (χ1n) is 8.01. The third-order valence-corrected chi connectivity index (χ3v) is 4.68. The van der Waals surface area contributed by atoms with Crippen LogP contribution in [-0.4, -0.2) is 17.4 Å². The van der Waals surface area contributed by atoms with Crippen molar-refractivity contribution in [3.05, 3.63) is 53.9 Å². The summed E-state index contributed by atoms with van der Waals surface area (Å²) in [6, 6.07) is 11.3. The lowest BCUT2D eigenvalue weighted by molar-refractivity contribution is -0.690. The number of rotatable bonds is 2. The van der Waals surface area contributed by atoms with Crippen molar-refractivity contribution in [2.75, 3.05) is 10.2 Å². The van der Waals surface area contributed by atoms with Crippen molar-refractivity contribution < 1.29 is 14.2 Å². The Kier molecular flexibility index (Phi) is 3.87. The van der Waals surface area contributed by atoms with E-state index >= 15 is 0 Å². The predicted octanol–water partition coefficient (Wildman–Crippen LogP) is 2.35. The smallest absolute Gasteiger partial charge is 0.293 e. The number of hydrogen-bond acceptors (Lipinski definition) is 2. The highest BCUT2D eigenvalue weighted by Gasteiger charge is 2.44. The molecule has 124 valence electrons. The fraction of sp³-hybridized carbons (Fsp3) is 0.316. The predicted molar refractivity (Wildman–Crippen MR) is 92.7 cm³/mol. The molecule has 0 atom stereocenters. The Labute approximate surface area is 141 Å². The number of pyridine rings is 1. The third-order valence-electron chi connectivity index (χ3n) is 4.68. The van der Waals surface area contributed by atoms with Crippen molar-refractivity contribution in [3.8, 4) is 0 Å². The van der Waals surface area contributed by atoms with E-state index in [-0.39, 0.29) is 18.4 Å². The summed E-state index contributed by atoms with van der Waals surface area (Å²) in [7, 11) is 0. The van der Waals surface area contributed by atoms with Gasteiger partial charge in [-0.3, -0.25) is 14.5 Å². The van der Waals surface area contributed by atoms with Gasteiger partial charge in [0.25, 0.3) is 5.91 Å². The summed E-state index contributed by atoms with van der Waals surface area (Å²) in [6.07, 6.45) is 1.89. The molecule has 2 aromatic rings. The Morgan fingerprint density at radius 2 is 1.88 bits per heavy atom. The zero-order chi connectivity index (χ0) is 17.5. The lowest BCUT2D eigenvalue weighted by Crippen LogP contribution is -2.61. The second-order valence-electron chi connectivity index (χ2n) is 6.66. The van der Waals surface area contributed by atoms with E-state index in [1.54, 1.807) is 18.7 Å². The van der Waals surface area contributed by atoms with Crippen LogP contribution in [0.1, 0.15) is 25.1 Å². The molecule has 2 heterocycles. The average molecular weight is 324 g/mol. The summed E-state index contributed by atoms with van der Waals surface area (Å²) < 4.78 is 1.92. The molecule has 0 saturated heterocycles. The molecule has 1 N–H and O–H groups in total. The van der Waals surface area contributed by atoms with Gasteiger partial charge < -0.3 is 5.32 Å². The normalized spacial score (nSPS) is 15.7. The Morgan fingerprint density at radius 3 is 2.62 bits per heavy atom. The van der Waals surface area contributed by atoms with Gasteiger partial charge in [0.05, 0.1) is 11.4 Å². The maximum absolute atomic E-state index is 13.1. The van der Waals surface area contributed by atoms with E-state index in [0.29, 0.717) is 5.69 Å². The molecule has 0 unspecified atom stereocenters. The van der Waals surface area contributed by atoms with Gasteiger partial charge in [-0.05, 0) is 39.0 Å². The molecule has 0 bridgehead atoms. The van der Waals surface area contributed by atoms with E-state index in [9.17, 15) is 9.59 Å². The largest absolute Gasteiger partial charge is 0.322 e. The highest BCUT2D eigenvalue weighted by Crippen LogP contribution is 2.36. The summed E-state index contributed by atoms with van der Waals surface area (Å²) in [5.41, 5.74) is 2.63. The lowest BCUT2D eigenvalue weighted by Gasteiger charge is -2.41. The van der Waals surface area contributed by atoms with Gasteiger partial charge in [-0.2, -0.15) is 4.57 Å². The molecule has 1 aromatic carbocycles. The Morgan fingerprint density at radius 1 is 1.17 bits per heavy atom. The average Bonchev–Trinajstić information content (AvgIpc) is 2.52. The third kappa shape index (κ3) is 2.56. The number of nitrogens with zero attached hydrogens (tertiary/aromatic N) is 2. The van der Waals surface area contributed by atoms with E-state index in [0.717, 1.165) is 16.9 Å². The van der Waals surface area contributed by atoms with Crippen molar-refractivity contribution in [2.24, 2.45) is 0 Å². The quantitative estimate of drug-likeness (QED) is 0.862. The van der Waals surface area contributed by atoms with Crippen LogP contribution in [0.15, 0.2) is 42.6 Å². The summed E-state index contributed by atoms with van der Waals surface area (Å²) in [4.78, 5) is 27.1. The zero-order valence-electron chi connectivity index (χ0n) is 14.5. The molecule has 24 heavy (non-hydrogen) atoms. The zero-order valence-corrected chi connectivity index (χ0v) is 14.5. The summed E-state index contributed by atoms with van der Waals surface area (Å²) in [6.45, 7) is 7.74. The highest BCUT2D eigenvalue weighted by atomic mass is 16.2. The minimum absolute atomic E-state index is 0.110. The van der Waals surface area contributed by atoms with Gasteiger partial charge in [0, 0.05) is 18.6 Å². The number of para-hydroxylation sites is 2. The number of aryl methyl sites for hydroxylation is 1. The van der Waals surface area contributed by atoms with Gasteiger partial charge in [-0.1, -0.05) is 12.1 Å². The van der Waals surface area contributed by atoms with E-state index in [2.05, 4.69) is 5.32 Å². The maximum Gasteiger partial charge on any atom is 0.293 e. The molecule has 2 amide bonds. The van der Waals surface area contributed by atoms with Crippen molar-refractivity contribution in [3.63, 3.8) is 0 Å². The number of carbonyl (C=O) groups excluding carboxylic acids is 2. The SMILES string of the molecule is Cc1ccc[n+](CC(=O)N2c3ccccc3NC(=O)C2(C)C)c1C.